The van der Waals surface area contributed by atoms with E-state index in [1.165, 1.54) is 6.07 Å². The van der Waals surface area contributed by atoms with E-state index in [0.717, 1.165) is 30.9 Å². The highest BCUT2D eigenvalue weighted by Crippen LogP contribution is 2.48. The van der Waals surface area contributed by atoms with Crippen LogP contribution in [0.1, 0.15) is 46.1 Å². The fourth-order valence-electron chi connectivity index (χ4n) is 2.40. The van der Waals surface area contributed by atoms with Gasteiger partial charge >= 0.3 is 0 Å². The molecule has 124 valence electrons. The van der Waals surface area contributed by atoms with E-state index < -0.39 is 0 Å². The number of guanidine groups is 1. The maximum absolute atomic E-state index is 13.4. The van der Waals surface area contributed by atoms with E-state index in [1.54, 1.807) is 12.1 Å². The molecule has 5 heteroatoms. The fraction of sp³-hybridized carbons (Fsp3) is 0.588. The van der Waals surface area contributed by atoms with Gasteiger partial charge in [0.1, 0.15) is 5.82 Å². The Hall–Kier alpha value is -0.850. The molecule has 22 heavy (non-hydrogen) atoms. The maximum atomic E-state index is 13.4. The van der Waals surface area contributed by atoms with Gasteiger partial charge in [-0.05, 0) is 58.2 Å². The zero-order valence-corrected chi connectivity index (χ0v) is 16.2. The van der Waals surface area contributed by atoms with Gasteiger partial charge in [0, 0.05) is 17.5 Å². The first-order valence-corrected chi connectivity index (χ1v) is 7.67. The van der Waals surface area contributed by atoms with Crippen molar-refractivity contribution in [1.29, 1.82) is 0 Å². The number of rotatable bonds is 4. The summed E-state index contributed by atoms with van der Waals surface area (Å²) < 4.78 is 13.4. The average Bonchev–Trinajstić information content (AvgIpc) is 3.16. The van der Waals surface area contributed by atoms with Crippen LogP contribution in [0.5, 0.6) is 0 Å². The molecule has 0 saturated heterocycles. The highest BCUT2D eigenvalue weighted by atomic mass is 127. The molecule has 0 heterocycles. The van der Waals surface area contributed by atoms with Crippen LogP contribution < -0.4 is 10.6 Å². The molecule has 2 rings (SSSR count). The number of nitrogens with one attached hydrogen (secondary N) is 2. The number of benzene rings is 1. The Labute approximate surface area is 150 Å². The van der Waals surface area contributed by atoms with Crippen LogP contribution in [0.3, 0.4) is 0 Å². The smallest absolute Gasteiger partial charge is 0.191 e. The molecule has 0 unspecified atom stereocenters. The van der Waals surface area contributed by atoms with Crippen LogP contribution in [0.4, 0.5) is 4.39 Å². The zero-order valence-electron chi connectivity index (χ0n) is 13.9. The summed E-state index contributed by atoms with van der Waals surface area (Å²) in [6.45, 7) is 9.91. The minimum Gasteiger partial charge on any atom is -0.357 e. The molecule has 1 aliphatic carbocycles. The van der Waals surface area contributed by atoms with Gasteiger partial charge in [0.2, 0.25) is 0 Å². The molecule has 1 saturated carbocycles. The van der Waals surface area contributed by atoms with Gasteiger partial charge in [-0.2, -0.15) is 0 Å². The Balaban J connectivity index is 0.00000242. The Kier molecular flexibility index (Phi) is 6.65. The third-order valence-corrected chi connectivity index (χ3v) is 3.67. The summed E-state index contributed by atoms with van der Waals surface area (Å²) >= 11 is 0. The molecule has 0 amide bonds. The summed E-state index contributed by atoms with van der Waals surface area (Å²) in [6, 6.07) is 6.93. The van der Waals surface area contributed by atoms with E-state index in [9.17, 15) is 4.39 Å². The van der Waals surface area contributed by atoms with Gasteiger partial charge < -0.3 is 10.6 Å². The Morgan fingerprint density at radius 2 is 2.00 bits per heavy atom. The lowest BCUT2D eigenvalue weighted by atomic mass is 9.96. The van der Waals surface area contributed by atoms with Crippen molar-refractivity contribution >= 4 is 29.9 Å². The first-order chi connectivity index (χ1) is 9.85. The number of hydrogen-bond acceptors (Lipinski definition) is 1. The van der Waals surface area contributed by atoms with Crippen molar-refractivity contribution in [2.24, 2.45) is 4.99 Å². The van der Waals surface area contributed by atoms with Crippen molar-refractivity contribution in [2.75, 3.05) is 13.1 Å². The molecular weight excluding hydrogens is 392 g/mol. The molecule has 3 nitrogen and oxygen atoms in total. The second kappa shape index (κ2) is 7.62. The third-order valence-electron chi connectivity index (χ3n) is 3.67. The normalized spacial score (nSPS) is 16.7. The Morgan fingerprint density at radius 3 is 2.50 bits per heavy atom. The van der Waals surface area contributed by atoms with Crippen molar-refractivity contribution < 1.29 is 4.39 Å². The summed E-state index contributed by atoms with van der Waals surface area (Å²) in [5.41, 5.74) is 1.07. The fourth-order valence-corrected chi connectivity index (χ4v) is 2.40. The highest BCUT2D eigenvalue weighted by Gasteiger charge is 2.44. The topological polar surface area (TPSA) is 36.4 Å². The highest BCUT2D eigenvalue weighted by molar-refractivity contribution is 14.0. The summed E-state index contributed by atoms with van der Waals surface area (Å²) in [7, 11) is 0. The van der Waals surface area contributed by atoms with Crippen LogP contribution in [0.15, 0.2) is 29.3 Å². The van der Waals surface area contributed by atoms with E-state index in [4.69, 9.17) is 4.99 Å². The molecule has 0 bridgehead atoms. The molecule has 0 spiro atoms. The summed E-state index contributed by atoms with van der Waals surface area (Å²) in [6.07, 6.45) is 2.16. The van der Waals surface area contributed by atoms with Gasteiger partial charge in [0.05, 0.1) is 6.54 Å². The van der Waals surface area contributed by atoms with Crippen LogP contribution in [-0.2, 0) is 5.41 Å². The van der Waals surface area contributed by atoms with Crippen LogP contribution in [-0.4, -0.2) is 24.6 Å². The summed E-state index contributed by atoms with van der Waals surface area (Å²) in [4.78, 5) is 4.71. The Morgan fingerprint density at radius 1 is 1.32 bits per heavy atom. The van der Waals surface area contributed by atoms with Gasteiger partial charge in [-0.15, -0.1) is 24.0 Å². The van der Waals surface area contributed by atoms with Gasteiger partial charge in [-0.3, -0.25) is 4.99 Å². The Bertz CT molecular complexity index is 519. The van der Waals surface area contributed by atoms with Gasteiger partial charge in [-0.25, -0.2) is 4.39 Å². The second-order valence-electron chi connectivity index (χ2n) is 6.86. The van der Waals surface area contributed by atoms with E-state index in [1.807, 2.05) is 6.07 Å². The lowest BCUT2D eigenvalue weighted by Crippen LogP contribution is -2.47. The van der Waals surface area contributed by atoms with Crippen molar-refractivity contribution in [3.8, 4) is 0 Å². The van der Waals surface area contributed by atoms with Crippen molar-refractivity contribution in [3.63, 3.8) is 0 Å². The van der Waals surface area contributed by atoms with Crippen molar-refractivity contribution in [2.45, 2.75) is 51.5 Å². The summed E-state index contributed by atoms with van der Waals surface area (Å²) in [5, 5.41) is 6.65. The third kappa shape index (κ3) is 5.41. The molecule has 0 radical (unpaired) electrons. The molecular formula is C17H27FIN3. The van der Waals surface area contributed by atoms with Gasteiger partial charge in [0.25, 0.3) is 0 Å². The predicted octanol–water partition coefficient (Wildman–Crippen LogP) is 3.83. The first kappa shape index (κ1) is 19.2. The lowest BCUT2D eigenvalue weighted by Gasteiger charge is -2.24. The van der Waals surface area contributed by atoms with E-state index in [0.29, 0.717) is 6.54 Å². The quantitative estimate of drug-likeness (QED) is 0.442. The van der Waals surface area contributed by atoms with Gasteiger partial charge in [-0.1, -0.05) is 12.1 Å². The zero-order chi connectivity index (χ0) is 15.5. The summed E-state index contributed by atoms with van der Waals surface area (Å²) in [5.74, 6) is 0.662. The maximum Gasteiger partial charge on any atom is 0.191 e. The van der Waals surface area contributed by atoms with Crippen molar-refractivity contribution in [3.05, 3.63) is 35.6 Å². The molecule has 1 fully saturated rings. The molecule has 0 atom stereocenters. The van der Waals surface area contributed by atoms with Crippen LogP contribution >= 0.6 is 24.0 Å². The minimum atomic E-state index is -0.164. The molecule has 0 aromatic heterocycles. The van der Waals surface area contributed by atoms with Crippen LogP contribution in [0.2, 0.25) is 0 Å². The average molecular weight is 419 g/mol. The monoisotopic (exact) mass is 419 g/mol. The van der Waals surface area contributed by atoms with E-state index >= 15 is 0 Å². The predicted molar refractivity (Wildman–Crippen MR) is 102 cm³/mol. The standard InChI is InChI=1S/C17H26FN3.HI/c1-5-19-15(21-16(2,3)4)20-12-17(9-10-17)13-7-6-8-14(18)11-13;/h6-8,11H,5,9-10,12H2,1-4H3,(H2,19,20,21);1H. The largest absolute Gasteiger partial charge is 0.357 e. The number of hydrogen-bond donors (Lipinski definition) is 2. The van der Waals surface area contributed by atoms with Gasteiger partial charge in [0.15, 0.2) is 5.96 Å². The minimum absolute atomic E-state index is 0. The molecule has 0 aliphatic heterocycles. The van der Waals surface area contributed by atoms with E-state index in [2.05, 4.69) is 38.3 Å². The van der Waals surface area contributed by atoms with Crippen LogP contribution in [0, 0.1) is 5.82 Å². The second-order valence-corrected chi connectivity index (χ2v) is 6.86. The number of aliphatic imine (C=N–C) groups is 1. The lowest BCUT2D eigenvalue weighted by molar-refractivity contribution is 0.500. The molecule has 2 N–H and O–H groups in total. The first-order valence-electron chi connectivity index (χ1n) is 7.67. The number of halogens is 2. The molecule has 1 aromatic carbocycles. The van der Waals surface area contributed by atoms with E-state index in [-0.39, 0.29) is 40.7 Å². The number of nitrogens with zero attached hydrogens (tertiary/aromatic N) is 1. The SMILES string of the molecule is CCNC(=NCC1(c2cccc(F)c2)CC1)NC(C)(C)C.I. The molecule has 1 aliphatic rings. The van der Waals surface area contributed by atoms with Crippen molar-refractivity contribution in [1.82, 2.24) is 10.6 Å². The molecule has 1 aromatic rings. The van der Waals surface area contributed by atoms with Crippen LogP contribution in [0.25, 0.3) is 0 Å².